The van der Waals surface area contributed by atoms with Gasteiger partial charge in [-0.3, -0.25) is 9.59 Å². The lowest BCUT2D eigenvalue weighted by Gasteiger charge is -2.39. The Bertz CT molecular complexity index is 1110. The SMILES string of the molecule is CC(=O)OCOC(=O)C(N1CCC1=O)=P(c1ccccc1)(c1ccccc1)c1ccccc1. The molecule has 0 atom stereocenters. The topological polar surface area (TPSA) is 72.9 Å². The summed E-state index contributed by atoms with van der Waals surface area (Å²) in [6.07, 6.45) is 0.360. The van der Waals surface area contributed by atoms with Gasteiger partial charge in [0.1, 0.15) is 5.42 Å². The third kappa shape index (κ3) is 4.35. The molecule has 3 aromatic rings. The lowest BCUT2D eigenvalue weighted by atomic mass is 10.2. The molecule has 0 N–H and O–H groups in total. The molecule has 0 aromatic heterocycles. The lowest BCUT2D eigenvalue weighted by Crippen LogP contribution is -2.53. The maximum Gasteiger partial charge on any atom is 0.358 e. The summed E-state index contributed by atoms with van der Waals surface area (Å²) in [5.74, 6) is -1.37. The summed E-state index contributed by atoms with van der Waals surface area (Å²) in [5.41, 5.74) is 0.287. The van der Waals surface area contributed by atoms with Crippen molar-refractivity contribution in [2.75, 3.05) is 13.3 Å². The first-order chi connectivity index (χ1) is 16.0. The first-order valence-electron chi connectivity index (χ1n) is 10.6. The fraction of sp³-hybridized carbons (Fsp3) is 0.154. The van der Waals surface area contributed by atoms with Gasteiger partial charge in [-0.05, 0) is 15.9 Å². The summed E-state index contributed by atoms with van der Waals surface area (Å²) in [7, 11) is 0. The highest BCUT2D eigenvalue weighted by molar-refractivity contribution is 7.96. The monoisotopic (exact) mass is 461 g/mol. The van der Waals surface area contributed by atoms with Crippen LogP contribution in [-0.2, 0) is 23.9 Å². The van der Waals surface area contributed by atoms with Crippen molar-refractivity contribution in [2.24, 2.45) is 0 Å². The van der Waals surface area contributed by atoms with E-state index < -0.39 is 25.6 Å². The summed E-state index contributed by atoms with van der Waals surface area (Å²) >= 11 is 0. The quantitative estimate of drug-likeness (QED) is 0.234. The molecular weight excluding hydrogens is 437 g/mol. The molecule has 1 aliphatic heterocycles. The number of benzene rings is 3. The van der Waals surface area contributed by atoms with Crippen molar-refractivity contribution < 1.29 is 23.9 Å². The molecule has 33 heavy (non-hydrogen) atoms. The molecule has 1 saturated heterocycles. The zero-order chi connectivity index (χ0) is 23.3. The van der Waals surface area contributed by atoms with Crippen molar-refractivity contribution in [2.45, 2.75) is 13.3 Å². The molecule has 1 aliphatic rings. The van der Waals surface area contributed by atoms with Crippen LogP contribution >= 0.6 is 6.89 Å². The van der Waals surface area contributed by atoms with Crippen LogP contribution in [0.15, 0.2) is 91.0 Å². The zero-order valence-corrected chi connectivity index (χ0v) is 19.1. The van der Waals surface area contributed by atoms with E-state index in [0.29, 0.717) is 13.0 Å². The van der Waals surface area contributed by atoms with Crippen molar-refractivity contribution in [1.29, 1.82) is 0 Å². The van der Waals surface area contributed by atoms with Crippen LogP contribution in [0.4, 0.5) is 0 Å². The number of esters is 2. The summed E-state index contributed by atoms with van der Waals surface area (Å²) in [6, 6.07) is 29.2. The van der Waals surface area contributed by atoms with Crippen LogP contribution in [0.3, 0.4) is 0 Å². The number of carbonyl (C=O) groups excluding carboxylic acids is 3. The zero-order valence-electron chi connectivity index (χ0n) is 18.2. The second kappa shape index (κ2) is 9.88. The first-order valence-corrected chi connectivity index (χ1v) is 12.4. The Morgan fingerprint density at radius 2 is 1.24 bits per heavy atom. The largest absolute Gasteiger partial charge is 0.428 e. The van der Waals surface area contributed by atoms with Crippen molar-refractivity contribution in [3.8, 4) is 0 Å². The smallest absolute Gasteiger partial charge is 0.358 e. The molecule has 0 bridgehead atoms. The third-order valence-corrected chi connectivity index (χ3v) is 9.77. The minimum absolute atomic E-state index is 0.137. The van der Waals surface area contributed by atoms with Crippen molar-refractivity contribution in [3.63, 3.8) is 0 Å². The van der Waals surface area contributed by atoms with Crippen LogP contribution in [0.5, 0.6) is 0 Å². The minimum atomic E-state index is -2.84. The molecule has 0 unspecified atom stereocenters. The Kier molecular flexibility index (Phi) is 6.76. The Labute approximate surface area is 192 Å². The average molecular weight is 461 g/mol. The highest BCUT2D eigenvalue weighted by atomic mass is 31.2. The van der Waals surface area contributed by atoms with Gasteiger partial charge in [0.05, 0.1) is 0 Å². The van der Waals surface area contributed by atoms with Gasteiger partial charge in [0.25, 0.3) is 0 Å². The van der Waals surface area contributed by atoms with E-state index in [-0.39, 0.29) is 11.3 Å². The van der Waals surface area contributed by atoms with Gasteiger partial charge in [0, 0.05) is 26.8 Å². The van der Waals surface area contributed by atoms with Crippen LogP contribution in [-0.4, -0.2) is 41.5 Å². The molecule has 4 rings (SSSR count). The number of rotatable bonds is 7. The van der Waals surface area contributed by atoms with Gasteiger partial charge in [-0.1, -0.05) is 91.0 Å². The van der Waals surface area contributed by atoms with Gasteiger partial charge in [0.2, 0.25) is 12.7 Å². The second-order valence-electron chi connectivity index (χ2n) is 7.48. The van der Waals surface area contributed by atoms with Crippen LogP contribution < -0.4 is 15.9 Å². The predicted octanol–water partition coefficient (Wildman–Crippen LogP) is 2.41. The molecule has 168 valence electrons. The van der Waals surface area contributed by atoms with Crippen molar-refractivity contribution in [3.05, 3.63) is 91.0 Å². The third-order valence-electron chi connectivity index (χ3n) is 5.49. The van der Waals surface area contributed by atoms with E-state index in [1.165, 1.54) is 11.8 Å². The number of hydrogen-bond acceptors (Lipinski definition) is 5. The molecule has 0 saturated carbocycles. The van der Waals surface area contributed by atoms with Gasteiger partial charge in [0.15, 0.2) is 0 Å². The molecule has 7 heteroatoms. The molecule has 1 fully saturated rings. The summed E-state index contributed by atoms with van der Waals surface area (Å²) in [6.45, 7) is -1.69. The van der Waals surface area contributed by atoms with E-state index in [9.17, 15) is 14.4 Å². The van der Waals surface area contributed by atoms with E-state index in [1.54, 1.807) is 0 Å². The second-order valence-corrected chi connectivity index (χ2v) is 10.8. The number of hydrogen-bond donors (Lipinski definition) is 0. The van der Waals surface area contributed by atoms with Gasteiger partial charge in [-0.25, -0.2) is 4.79 Å². The van der Waals surface area contributed by atoms with Crippen molar-refractivity contribution in [1.82, 2.24) is 4.90 Å². The highest BCUT2D eigenvalue weighted by Crippen LogP contribution is 2.47. The fourth-order valence-corrected chi connectivity index (χ4v) is 8.36. The van der Waals surface area contributed by atoms with Gasteiger partial charge >= 0.3 is 11.9 Å². The number of likely N-dealkylation sites (tertiary alicyclic amines) is 1. The molecule has 3 aromatic carbocycles. The number of β-lactam (4-membered cyclic amide) rings is 1. The fourth-order valence-electron chi connectivity index (χ4n) is 3.97. The molecule has 0 aliphatic carbocycles. The maximum atomic E-state index is 13.7. The molecule has 1 heterocycles. The number of carbonyl (C=O) groups is 3. The molecule has 1 amide bonds. The van der Waals surface area contributed by atoms with Gasteiger partial charge in [-0.2, -0.15) is 0 Å². The van der Waals surface area contributed by atoms with Crippen LogP contribution in [0.2, 0.25) is 0 Å². The Morgan fingerprint density at radius 3 is 1.58 bits per heavy atom. The lowest BCUT2D eigenvalue weighted by molar-refractivity contribution is -0.162. The van der Waals surface area contributed by atoms with Gasteiger partial charge in [-0.15, -0.1) is 0 Å². The molecule has 0 radical (unpaired) electrons. The Morgan fingerprint density at radius 1 is 0.788 bits per heavy atom. The molecule has 6 nitrogen and oxygen atoms in total. The first kappa shape index (κ1) is 22.6. The standard InChI is InChI=1S/C26H24NO5P/c1-20(28)31-19-32-26(30)25(27-18-17-24(27)29)33(21-11-5-2-6-12-21,22-13-7-3-8-14-22)23-15-9-4-10-16-23/h2-16H,17-19H2,1H3. The van der Waals surface area contributed by atoms with E-state index in [1.807, 2.05) is 91.0 Å². The van der Waals surface area contributed by atoms with Crippen LogP contribution in [0, 0.1) is 0 Å². The highest BCUT2D eigenvalue weighted by Gasteiger charge is 2.42. The van der Waals surface area contributed by atoms with E-state index in [2.05, 4.69) is 0 Å². The Hall–Kier alpha value is -3.63. The normalized spacial score (nSPS) is 13.1. The average Bonchev–Trinajstić information content (AvgIpc) is 2.84. The van der Waals surface area contributed by atoms with E-state index in [0.717, 1.165) is 15.9 Å². The summed E-state index contributed by atoms with van der Waals surface area (Å²) in [4.78, 5) is 39.1. The number of nitrogens with zero attached hydrogens (tertiary/aromatic N) is 1. The minimum Gasteiger partial charge on any atom is -0.428 e. The van der Waals surface area contributed by atoms with Crippen molar-refractivity contribution >= 4 is 46.1 Å². The van der Waals surface area contributed by atoms with Crippen LogP contribution in [0.1, 0.15) is 13.3 Å². The molecular formula is C26H24NO5P. The van der Waals surface area contributed by atoms with Gasteiger partial charge < -0.3 is 14.4 Å². The predicted molar refractivity (Wildman–Crippen MR) is 129 cm³/mol. The maximum absolute atomic E-state index is 13.7. The number of ether oxygens (including phenoxy) is 2. The number of amides is 1. The van der Waals surface area contributed by atoms with Crippen LogP contribution in [0.25, 0.3) is 0 Å². The summed E-state index contributed by atoms with van der Waals surface area (Å²) in [5, 5.41) is 2.75. The van der Waals surface area contributed by atoms with E-state index >= 15 is 0 Å². The Balaban J connectivity index is 2.10. The molecule has 0 spiro atoms. The van der Waals surface area contributed by atoms with E-state index in [4.69, 9.17) is 9.47 Å². The summed E-state index contributed by atoms with van der Waals surface area (Å²) < 4.78 is 10.3.